The maximum atomic E-state index is 6.16. The molecule has 1 heteroatoms. The molecule has 2 rings (SSSR count). The van der Waals surface area contributed by atoms with E-state index in [2.05, 4.69) is 38.1 Å². The van der Waals surface area contributed by atoms with Crippen LogP contribution in [0.4, 0.5) is 0 Å². The molecule has 0 amide bonds. The van der Waals surface area contributed by atoms with Crippen molar-refractivity contribution in [2.45, 2.75) is 38.1 Å². The Balaban J connectivity index is 2.39. The van der Waals surface area contributed by atoms with Crippen LogP contribution in [-0.4, -0.2) is 5.54 Å². The molecule has 1 aliphatic rings. The fraction of sp³-hybridized carbons (Fsp3) is 0.500. The van der Waals surface area contributed by atoms with E-state index in [1.807, 2.05) is 0 Å². The second-order valence-electron chi connectivity index (χ2n) is 4.61. The van der Waals surface area contributed by atoms with Crippen LogP contribution in [0.2, 0.25) is 0 Å². The van der Waals surface area contributed by atoms with Gasteiger partial charge in [-0.25, -0.2) is 0 Å². The average molecular weight is 175 g/mol. The Hall–Kier alpha value is -0.820. The molecule has 0 aromatic heterocycles. The van der Waals surface area contributed by atoms with E-state index >= 15 is 0 Å². The minimum absolute atomic E-state index is 0.0768. The van der Waals surface area contributed by atoms with Crippen molar-refractivity contribution in [3.8, 4) is 0 Å². The monoisotopic (exact) mass is 175 g/mol. The van der Waals surface area contributed by atoms with Crippen LogP contribution in [0.3, 0.4) is 0 Å². The van der Waals surface area contributed by atoms with Gasteiger partial charge >= 0.3 is 0 Å². The first kappa shape index (κ1) is 8.76. The maximum Gasteiger partial charge on any atom is 0.0166 e. The van der Waals surface area contributed by atoms with Gasteiger partial charge in [-0.1, -0.05) is 24.3 Å². The van der Waals surface area contributed by atoms with E-state index in [9.17, 15) is 0 Å². The molecule has 1 aromatic carbocycles. The number of hydrogen-bond acceptors (Lipinski definition) is 1. The van der Waals surface area contributed by atoms with Crippen LogP contribution in [-0.2, 0) is 6.42 Å². The Labute approximate surface area is 80.0 Å². The molecule has 70 valence electrons. The van der Waals surface area contributed by atoms with E-state index in [0.29, 0.717) is 5.92 Å². The standard InChI is InChI=1S/C12H17N/c1-12(2,13)11-8-7-9-5-3-4-6-10(9)11/h3-6,11H,7-8,13H2,1-2H3. The highest BCUT2D eigenvalue weighted by Crippen LogP contribution is 2.38. The second-order valence-corrected chi connectivity index (χ2v) is 4.61. The summed E-state index contributed by atoms with van der Waals surface area (Å²) in [4.78, 5) is 0. The Morgan fingerprint density at radius 1 is 1.31 bits per heavy atom. The summed E-state index contributed by atoms with van der Waals surface area (Å²) in [5.74, 6) is 0.545. The summed E-state index contributed by atoms with van der Waals surface area (Å²) in [5, 5.41) is 0. The zero-order chi connectivity index (χ0) is 9.47. The van der Waals surface area contributed by atoms with E-state index in [0.717, 1.165) is 0 Å². The molecule has 0 aliphatic heterocycles. The Bertz CT molecular complexity index is 309. The van der Waals surface area contributed by atoms with Crippen LogP contribution in [0.25, 0.3) is 0 Å². The number of aryl methyl sites for hydroxylation is 1. The molecule has 1 nitrogen and oxygen atoms in total. The summed E-state index contributed by atoms with van der Waals surface area (Å²) >= 11 is 0. The van der Waals surface area contributed by atoms with Gasteiger partial charge in [0.1, 0.15) is 0 Å². The quantitative estimate of drug-likeness (QED) is 0.697. The molecule has 13 heavy (non-hydrogen) atoms. The minimum atomic E-state index is -0.0768. The molecule has 0 heterocycles. The number of benzene rings is 1. The van der Waals surface area contributed by atoms with Gasteiger partial charge in [0.05, 0.1) is 0 Å². The van der Waals surface area contributed by atoms with Gasteiger partial charge in [0.25, 0.3) is 0 Å². The number of hydrogen-bond donors (Lipinski definition) is 1. The Morgan fingerprint density at radius 2 is 2.00 bits per heavy atom. The van der Waals surface area contributed by atoms with Gasteiger partial charge in [-0.05, 0) is 37.8 Å². The van der Waals surface area contributed by atoms with Crippen molar-refractivity contribution >= 4 is 0 Å². The van der Waals surface area contributed by atoms with Crippen LogP contribution < -0.4 is 5.73 Å². The summed E-state index contributed by atoms with van der Waals surface area (Å²) in [5.41, 5.74) is 9.04. The van der Waals surface area contributed by atoms with Gasteiger partial charge in [-0.3, -0.25) is 0 Å². The maximum absolute atomic E-state index is 6.16. The third kappa shape index (κ3) is 1.49. The summed E-state index contributed by atoms with van der Waals surface area (Å²) in [6.07, 6.45) is 2.41. The first-order valence-electron chi connectivity index (χ1n) is 4.96. The molecule has 2 N–H and O–H groups in total. The number of rotatable bonds is 1. The van der Waals surface area contributed by atoms with Gasteiger partial charge in [-0.2, -0.15) is 0 Å². The summed E-state index contributed by atoms with van der Waals surface area (Å²) < 4.78 is 0. The molecule has 0 spiro atoms. The summed E-state index contributed by atoms with van der Waals surface area (Å²) in [7, 11) is 0. The molecule has 1 aliphatic carbocycles. The van der Waals surface area contributed by atoms with Crippen LogP contribution in [0.5, 0.6) is 0 Å². The topological polar surface area (TPSA) is 26.0 Å². The summed E-state index contributed by atoms with van der Waals surface area (Å²) in [6, 6.07) is 8.68. The van der Waals surface area contributed by atoms with E-state index in [1.165, 1.54) is 24.0 Å². The van der Waals surface area contributed by atoms with Crippen molar-refractivity contribution in [3.05, 3.63) is 35.4 Å². The molecule has 1 aromatic rings. The van der Waals surface area contributed by atoms with Crippen LogP contribution >= 0.6 is 0 Å². The predicted octanol–water partition coefficient (Wildman–Crippen LogP) is 2.45. The Morgan fingerprint density at radius 3 is 2.69 bits per heavy atom. The van der Waals surface area contributed by atoms with Gasteiger partial charge in [0.15, 0.2) is 0 Å². The van der Waals surface area contributed by atoms with Crippen LogP contribution in [0.1, 0.15) is 37.3 Å². The highest BCUT2D eigenvalue weighted by atomic mass is 14.7. The lowest BCUT2D eigenvalue weighted by Gasteiger charge is -2.27. The lowest BCUT2D eigenvalue weighted by Crippen LogP contribution is -2.38. The van der Waals surface area contributed by atoms with Crippen LogP contribution in [0.15, 0.2) is 24.3 Å². The predicted molar refractivity (Wildman–Crippen MR) is 55.8 cm³/mol. The highest BCUT2D eigenvalue weighted by molar-refractivity contribution is 5.36. The lowest BCUT2D eigenvalue weighted by atomic mass is 9.84. The van der Waals surface area contributed by atoms with E-state index in [1.54, 1.807) is 0 Å². The molecular weight excluding hydrogens is 158 g/mol. The minimum Gasteiger partial charge on any atom is -0.325 e. The largest absolute Gasteiger partial charge is 0.325 e. The molecule has 1 atom stereocenters. The molecule has 0 bridgehead atoms. The smallest absolute Gasteiger partial charge is 0.0166 e. The SMILES string of the molecule is CC(C)(N)C1CCc2ccccc21. The molecule has 0 radical (unpaired) electrons. The van der Waals surface area contributed by atoms with E-state index in [-0.39, 0.29) is 5.54 Å². The van der Waals surface area contributed by atoms with Gasteiger partial charge in [0.2, 0.25) is 0 Å². The zero-order valence-electron chi connectivity index (χ0n) is 8.38. The normalized spacial score (nSPS) is 21.6. The van der Waals surface area contributed by atoms with E-state index < -0.39 is 0 Å². The highest BCUT2D eigenvalue weighted by Gasteiger charge is 2.31. The molecule has 0 fully saturated rings. The fourth-order valence-electron chi connectivity index (χ4n) is 2.33. The zero-order valence-corrected chi connectivity index (χ0v) is 8.38. The molecule has 0 saturated heterocycles. The fourth-order valence-corrected chi connectivity index (χ4v) is 2.33. The van der Waals surface area contributed by atoms with E-state index in [4.69, 9.17) is 5.73 Å². The van der Waals surface area contributed by atoms with Crippen molar-refractivity contribution in [2.24, 2.45) is 5.73 Å². The molecule has 0 saturated carbocycles. The van der Waals surface area contributed by atoms with Gasteiger partial charge < -0.3 is 5.73 Å². The number of nitrogens with two attached hydrogens (primary N) is 1. The first-order chi connectivity index (χ1) is 6.09. The first-order valence-corrected chi connectivity index (χ1v) is 4.96. The van der Waals surface area contributed by atoms with Crippen molar-refractivity contribution in [3.63, 3.8) is 0 Å². The van der Waals surface area contributed by atoms with Crippen molar-refractivity contribution in [2.75, 3.05) is 0 Å². The van der Waals surface area contributed by atoms with Gasteiger partial charge in [0, 0.05) is 11.5 Å². The molecule has 1 unspecified atom stereocenters. The third-order valence-corrected chi connectivity index (χ3v) is 3.03. The van der Waals surface area contributed by atoms with Crippen molar-refractivity contribution in [1.29, 1.82) is 0 Å². The lowest BCUT2D eigenvalue weighted by molar-refractivity contribution is 0.409. The third-order valence-electron chi connectivity index (χ3n) is 3.03. The van der Waals surface area contributed by atoms with Gasteiger partial charge in [-0.15, -0.1) is 0 Å². The summed E-state index contributed by atoms with van der Waals surface area (Å²) in [6.45, 7) is 4.25. The number of fused-ring (bicyclic) bond motifs is 1. The second kappa shape index (κ2) is 2.85. The van der Waals surface area contributed by atoms with Crippen molar-refractivity contribution in [1.82, 2.24) is 0 Å². The van der Waals surface area contributed by atoms with Crippen molar-refractivity contribution < 1.29 is 0 Å². The average Bonchev–Trinajstić information content (AvgIpc) is 2.45. The Kier molecular flexibility index (Phi) is 1.92. The van der Waals surface area contributed by atoms with Crippen LogP contribution in [0, 0.1) is 0 Å². The molecular formula is C12H17N.